The number of hydrogen-bond donors (Lipinski definition) is 2. The highest BCUT2D eigenvalue weighted by molar-refractivity contribution is 6.11. The maximum atomic E-state index is 12.9. The Morgan fingerprint density at radius 2 is 1.82 bits per heavy atom. The van der Waals surface area contributed by atoms with Crippen LogP contribution in [0.5, 0.6) is 5.75 Å². The van der Waals surface area contributed by atoms with Crippen molar-refractivity contribution < 1.29 is 14.7 Å². The van der Waals surface area contributed by atoms with Crippen molar-refractivity contribution in [2.24, 2.45) is 5.92 Å². The molecule has 0 saturated carbocycles. The molecule has 1 atom stereocenters. The highest BCUT2D eigenvalue weighted by Crippen LogP contribution is 2.30. The molecule has 34 heavy (non-hydrogen) atoms. The molecule has 1 unspecified atom stereocenters. The highest BCUT2D eigenvalue weighted by atomic mass is 16.3. The van der Waals surface area contributed by atoms with Gasteiger partial charge in [-0.3, -0.25) is 9.59 Å². The molecule has 1 amide bonds. The molecule has 0 radical (unpaired) electrons. The molecule has 0 aliphatic rings. The number of nitriles is 1. The number of Topliss-reactive ketones (excluding diaryl/α,β-unsaturated/α-hetero) is 1. The second kappa shape index (κ2) is 9.80. The number of aryl methyl sites for hydroxylation is 1. The lowest BCUT2D eigenvalue weighted by Gasteiger charge is -2.12. The predicted molar refractivity (Wildman–Crippen MR) is 134 cm³/mol. The van der Waals surface area contributed by atoms with E-state index in [2.05, 4.69) is 28.9 Å². The highest BCUT2D eigenvalue weighted by Gasteiger charge is 2.16. The summed E-state index contributed by atoms with van der Waals surface area (Å²) in [7, 11) is 0. The second-order valence-electron chi connectivity index (χ2n) is 8.66. The Kier molecular flexibility index (Phi) is 6.65. The summed E-state index contributed by atoms with van der Waals surface area (Å²) in [6, 6.07) is 20.4. The van der Waals surface area contributed by atoms with Crippen LogP contribution in [0, 0.1) is 17.2 Å². The molecule has 3 aromatic carbocycles. The molecule has 0 aliphatic heterocycles. The zero-order valence-corrected chi connectivity index (χ0v) is 19.3. The van der Waals surface area contributed by atoms with Crippen molar-refractivity contribution in [3.05, 3.63) is 71.8 Å². The van der Waals surface area contributed by atoms with E-state index < -0.39 is 0 Å². The van der Waals surface area contributed by atoms with Gasteiger partial charge in [0.2, 0.25) is 5.91 Å². The van der Waals surface area contributed by atoms with Gasteiger partial charge in [-0.15, -0.1) is 0 Å². The minimum absolute atomic E-state index is 0.0154. The Bertz CT molecular complexity index is 1430. The number of aromatic nitrogens is 1. The SMILES string of the molecule is CCn1c2ccccc2c2cc(C(=O)CCC(C)CC(=O)Nc3ccc(C#N)c(O)c3)ccc21. The van der Waals surface area contributed by atoms with Crippen molar-refractivity contribution in [1.29, 1.82) is 5.26 Å². The number of carbonyl (C=O) groups excluding carboxylic acids is 2. The fourth-order valence-electron chi connectivity index (χ4n) is 4.42. The van der Waals surface area contributed by atoms with E-state index in [1.807, 2.05) is 43.3 Å². The summed E-state index contributed by atoms with van der Waals surface area (Å²) in [4.78, 5) is 25.3. The molecule has 172 valence electrons. The van der Waals surface area contributed by atoms with Crippen molar-refractivity contribution in [3.8, 4) is 11.8 Å². The first kappa shape index (κ1) is 23.1. The van der Waals surface area contributed by atoms with Gasteiger partial charge in [-0.1, -0.05) is 25.1 Å². The lowest BCUT2D eigenvalue weighted by atomic mass is 9.96. The van der Waals surface area contributed by atoms with E-state index >= 15 is 0 Å². The number of aromatic hydroxyl groups is 1. The Morgan fingerprint density at radius 3 is 2.56 bits per heavy atom. The zero-order valence-electron chi connectivity index (χ0n) is 19.3. The van der Waals surface area contributed by atoms with Gasteiger partial charge in [-0.25, -0.2) is 0 Å². The normalized spacial score (nSPS) is 11.9. The second-order valence-corrected chi connectivity index (χ2v) is 8.66. The van der Waals surface area contributed by atoms with Crippen LogP contribution in [0.1, 0.15) is 49.0 Å². The number of hydrogen-bond acceptors (Lipinski definition) is 4. The third kappa shape index (κ3) is 4.65. The lowest BCUT2D eigenvalue weighted by molar-refractivity contribution is -0.117. The number of nitrogens with zero attached hydrogens (tertiary/aromatic N) is 2. The van der Waals surface area contributed by atoms with Crippen molar-refractivity contribution in [2.75, 3.05) is 5.32 Å². The van der Waals surface area contributed by atoms with Gasteiger partial charge in [0.05, 0.1) is 5.56 Å². The van der Waals surface area contributed by atoms with E-state index in [-0.39, 0.29) is 35.3 Å². The molecular weight excluding hydrogens is 426 g/mol. The minimum Gasteiger partial charge on any atom is -0.506 e. The van der Waals surface area contributed by atoms with Gasteiger partial charge in [0.1, 0.15) is 11.8 Å². The minimum atomic E-state index is -0.196. The van der Waals surface area contributed by atoms with Gasteiger partial charge < -0.3 is 15.0 Å². The van der Waals surface area contributed by atoms with Crippen molar-refractivity contribution in [1.82, 2.24) is 4.57 Å². The number of phenolic OH excluding ortho intramolecular Hbond substituents is 1. The molecule has 0 spiro atoms. The smallest absolute Gasteiger partial charge is 0.224 e. The molecule has 2 N–H and O–H groups in total. The van der Waals surface area contributed by atoms with Gasteiger partial charge in [0, 0.05) is 58.5 Å². The van der Waals surface area contributed by atoms with Crippen LogP contribution in [0.15, 0.2) is 60.7 Å². The predicted octanol–water partition coefficient (Wildman–Crippen LogP) is 6.02. The van der Waals surface area contributed by atoms with Gasteiger partial charge >= 0.3 is 0 Å². The fourth-order valence-corrected chi connectivity index (χ4v) is 4.42. The molecule has 0 fully saturated rings. The van der Waals surface area contributed by atoms with Crippen molar-refractivity contribution in [3.63, 3.8) is 0 Å². The summed E-state index contributed by atoms with van der Waals surface area (Å²) in [5.74, 6) is -0.281. The molecule has 1 aromatic heterocycles. The molecule has 4 rings (SSSR count). The lowest BCUT2D eigenvalue weighted by Crippen LogP contribution is -2.16. The fraction of sp³-hybridized carbons (Fsp3) is 0.250. The summed E-state index contributed by atoms with van der Waals surface area (Å²) in [5.41, 5.74) is 3.57. The Hall–Kier alpha value is -4.11. The number of carbonyl (C=O) groups is 2. The Morgan fingerprint density at radius 1 is 1.06 bits per heavy atom. The van der Waals surface area contributed by atoms with E-state index in [4.69, 9.17) is 5.26 Å². The van der Waals surface area contributed by atoms with E-state index in [9.17, 15) is 14.7 Å². The standard InChI is InChI=1S/C28H27N3O3/c1-3-31-24-7-5-4-6-22(24)23-15-19(10-12-25(23)31)26(32)13-8-18(2)14-28(34)30-21-11-9-20(17-29)27(33)16-21/h4-7,9-12,15-16,18,33H,3,8,13-14H2,1-2H3,(H,30,34). The van der Waals surface area contributed by atoms with E-state index in [1.165, 1.54) is 17.6 Å². The van der Waals surface area contributed by atoms with Crippen molar-refractivity contribution in [2.45, 2.75) is 39.7 Å². The number of rotatable bonds is 8. The van der Waals surface area contributed by atoms with Gasteiger partial charge in [-0.2, -0.15) is 5.26 Å². The molecular formula is C28H27N3O3. The van der Waals surface area contributed by atoms with Gasteiger partial charge in [0.15, 0.2) is 5.78 Å². The molecule has 6 heteroatoms. The first-order valence-electron chi connectivity index (χ1n) is 11.5. The van der Waals surface area contributed by atoms with Crippen LogP contribution in [0.3, 0.4) is 0 Å². The first-order chi connectivity index (χ1) is 16.4. The van der Waals surface area contributed by atoms with Crippen LogP contribution in [0.4, 0.5) is 5.69 Å². The van der Waals surface area contributed by atoms with Crippen LogP contribution >= 0.6 is 0 Å². The summed E-state index contributed by atoms with van der Waals surface area (Å²) >= 11 is 0. The summed E-state index contributed by atoms with van der Waals surface area (Å²) in [6.45, 7) is 4.92. The number of phenols is 1. The molecule has 0 bridgehead atoms. The van der Waals surface area contributed by atoms with E-state index in [0.29, 0.717) is 24.1 Å². The number of para-hydroxylation sites is 1. The van der Waals surface area contributed by atoms with Crippen LogP contribution in [0.2, 0.25) is 0 Å². The quantitative estimate of drug-likeness (QED) is 0.319. The average molecular weight is 454 g/mol. The topological polar surface area (TPSA) is 95.1 Å². The molecule has 1 heterocycles. The maximum absolute atomic E-state index is 12.9. The van der Waals surface area contributed by atoms with Crippen LogP contribution in [0.25, 0.3) is 21.8 Å². The molecule has 6 nitrogen and oxygen atoms in total. The average Bonchev–Trinajstić information content (AvgIpc) is 3.15. The third-order valence-corrected chi connectivity index (χ3v) is 6.21. The largest absolute Gasteiger partial charge is 0.506 e. The number of fused-ring (bicyclic) bond motifs is 3. The summed E-state index contributed by atoms with van der Waals surface area (Å²) in [6.07, 6.45) is 1.22. The zero-order chi connectivity index (χ0) is 24.2. The van der Waals surface area contributed by atoms with Gasteiger partial charge in [-0.05, 0) is 55.7 Å². The molecule has 0 aliphatic carbocycles. The number of ketones is 1. The van der Waals surface area contributed by atoms with E-state index in [1.54, 1.807) is 6.07 Å². The van der Waals surface area contributed by atoms with Crippen LogP contribution in [-0.2, 0) is 11.3 Å². The third-order valence-electron chi connectivity index (χ3n) is 6.21. The molecule has 0 saturated heterocycles. The number of amides is 1. The van der Waals surface area contributed by atoms with Gasteiger partial charge in [0.25, 0.3) is 0 Å². The first-order valence-corrected chi connectivity index (χ1v) is 11.5. The summed E-state index contributed by atoms with van der Waals surface area (Å²) < 4.78 is 2.26. The maximum Gasteiger partial charge on any atom is 0.224 e. The number of anilines is 1. The van der Waals surface area contributed by atoms with Crippen LogP contribution in [-0.4, -0.2) is 21.4 Å². The van der Waals surface area contributed by atoms with E-state index in [0.717, 1.165) is 22.8 Å². The molecule has 4 aromatic rings. The van der Waals surface area contributed by atoms with Crippen LogP contribution < -0.4 is 5.32 Å². The Labute approximate surface area is 198 Å². The monoisotopic (exact) mass is 453 g/mol. The van der Waals surface area contributed by atoms with Crippen molar-refractivity contribution >= 4 is 39.2 Å². The number of nitrogens with one attached hydrogen (secondary N) is 1. The Balaban J connectivity index is 1.38. The number of benzene rings is 3. The summed E-state index contributed by atoms with van der Waals surface area (Å²) in [5, 5.41) is 23.6.